The third kappa shape index (κ3) is 3.78. The van der Waals surface area contributed by atoms with E-state index in [1.807, 2.05) is 11.3 Å². The minimum atomic E-state index is 0.170. The number of hydrogen-bond acceptors (Lipinski definition) is 4. The average molecular weight is 308 g/mol. The van der Waals surface area contributed by atoms with Gasteiger partial charge in [0, 0.05) is 35.5 Å². The van der Waals surface area contributed by atoms with Crippen molar-refractivity contribution in [3.05, 3.63) is 10.6 Å². The smallest absolute Gasteiger partial charge is 0.186 e. The molecule has 0 aromatic carbocycles. The van der Waals surface area contributed by atoms with Gasteiger partial charge in [-0.05, 0) is 59.8 Å². The van der Waals surface area contributed by atoms with Crippen LogP contribution in [0.5, 0.6) is 0 Å². The summed E-state index contributed by atoms with van der Waals surface area (Å²) in [7, 11) is 0. The number of nitrogens with zero attached hydrogens (tertiary/aromatic N) is 2. The Morgan fingerprint density at radius 2 is 2.00 bits per heavy atom. The van der Waals surface area contributed by atoms with Crippen LogP contribution in [0.15, 0.2) is 0 Å². The third-order valence-electron chi connectivity index (χ3n) is 4.51. The second kappa shape index (κ2) is 5.88. The van der Waals surface area contributed by atoms with Gasteiger partial charge in [-0.15, -0.1) is 11.3 Å². The first-order chi connectivity index (χ1) is 9.94. The van der Waals surface area contributed by atoms with Crippen LogP contribution < -0.4 is 10.2 Å². The summed E-state index contributed by atoms with van der Waals surface area (Å²) >= 11 is 1.93. The lowest BCUT2D eigenvalue weighted by Crippen LogP contribution is -2.37. The molecule has 0 bridgehead atoms. The quantitative estimate of drug-likeness (QED) is 0.899. The fraction of sp³-hybridized carbons (Fsp3) is 0.824. The number of piperidine rings is 1. The van der Waals surface area contributed by atoms with Gasteiger partial charge in [0.05, 0.1) is 5.69 Å². The molecule has 1 N–H and O–H groups in total. The van der Waals surface area contributed by atoms with Gasteiger partial charge in [-0.25, -0.2) is 4.98 Å². The molecule has 1 saturated heterocycles. The first-order valence-corrected chi connectivity index (χ1v) is 9.27. The summed E-state index contributed by atoms with van der Waals surface area (Å²) < 4.78 is 0. The fourth-order valence-electron chi connectivity index (χ4n) is 3.00. The highest BCUT2D eigenvalue weighted by Crippen LogP contribution is 2.44. The van der Waals surface area contributed by atoms with E-state index in [4.69, 9.17) is 4.98 Å². The van der Waals surface area contributed by atoms with Crippen molar-refractivity contribution in [1.29, 1.82) is 0 Å². The molecular formula is C17H29N3S. The zero-order valence-corrected chi connectivity index (χ0v) is 14.7. The van der Waals surface area contributed by atoms with Crippen molar-refractivity contribution in [3.8, 4) is 0 Å². The Labute approximate surface area is 133 Å². The maximum absolute atomic E-state index is 5.05. The molecular weight excluding hydrogens is 278 g/mol. The zero-order chi connectivity index (χ0) is 15.0. The molecule has 3 rings (SSSR count). The highest BCUT2D eigenvalue weighted by molar-refractivity contribution is 7.15. The maximum Gasteiger partial charge on any atom is 0.186 e. The molecule has 21 heavy (non-hydrogen) atoms. The number of anilines is 1. The van der Waals surface area contributed by atoms with Crippen molar-refractivity contribution in [1.82, 2.24) is 10.3 Å². The highest BCUT2D eigenvalue weighted by Gasteiger charge is 2.32. The Hall–Kier alpha value is -0.610. The molecule has 1 saturated carbocycles. The standard InChI is InChI=1S/C17H29N3S/c1-12-7-5-6-10-20(12)16-19-15(13-8-9-13)14(21-16)11-18-17(2,3)4/h12-13,18H,5-11H2,1-4H3. The zero-order valence-electron chi connectivity index (χ0n) is 13.9. The van der Waals surface area contributed by atoms with Crippen molar-refractivity contribution < 1.29 is 0 Å². The van der Waals surface area contributed by atoms with E-state index < -0.39 is 0 Å². The molecule has 1 aromatic rings. The Morgan fingerprint density at radius 3 is 2.62 bits per heavy atom. The van der Waals surface area contributed by atoms with Crippen LogP contribution in [0.4, 0.5) is 5.13 Å². The van der Waals surface area contributed by atoms with E-state index >= 15 is 0 Å². The van der Waals surface area contributed by atoms with Crippen LogP contribution in [-0.2, 0) is 6.54 Å². The van der Waals surface area contributed by atoms with E-state index in [1.54, 1.807) is 0 Å². The van der Waals surface area contributed by atoms with Crippen LogP contribution >= 0.6 is 11.3 Å². The molecule has 4 heteroatoms. The molecule has 0 amide bonds. The molecule has 0 radical (unpaired) electrons. The SMILES string of the molecule is CC1CCCCN1c1nc(C2CC2)c(CNC(C)(C)C)s1. The summed E-state index contributed by atoms with van der Waals surface area (Å²) in [6.45, 7) is 11.2. The van der Waals surface area contributed by atoms with Gasteiger partial charge in [0.15, 0.2) is 5.13 Å². The van der Waals surface area contributed by atoms with Crippen molar-refractivity contribution in [2.45, 2.75) is 83.8 Å². The topological polar surface area (TPSA) is 28.2 Å². The summed E-state index contributed by atoms with van der Waals surface area (Å²) in [5.41, 5.74) is 1.56. The minimum absolute atomic E-state index is 0.170. The summed E-state index contributed by atoms with van der Waals surface area (Å²) in [5.74, 6) is 0.742. The Bertz CT molecular complexity index is 485. The molecule has 1 atom stereocenters. The van der Waals surface area contributed by atoms with Crippen LogP contribution in [0.25, 0.3) is 0 Å². The molecule has 2 fully saturated rings. The predicted octanol–water partition coefficient (Wildman–Crippen LogP) is 4.29. The summed E-state index contributed by atoms with van der Waals surface area (Å²) in [6, 6.07) is 0.653. The molecule has 1 aromatic heterocycles. The van der Waals surface area contributed by atoms with Gasteiger partial charge in [-0.3, -0.25) is 0 Å². The van der Waals surface area contributed by atoms with E-state index in [0.717, 1.165) is 12.5 Å². The van der Waals surface area contributed by atoms with Gasteiger partial charge >= 0.3 is 0 Å². The Kier molecular flexibility index (Phi) is 4.28. The van der Waals surface area contributed by atoms with Gasteiger partial charge in [-0.1, -0.05) is 0 Å². The minimum Gasteiger partial charge on any atom is -0.345 e. The van der Waals surface area contributed by atoms with Crippen molar-refractivity contribution in [2.24, 2.45) is 0 Å². The van der Waals surface area contributed by atoms with Gasteiger partial charge in [0.1, 0.15) is 0 Å². The van der Waals surface area contributed by atoms with Gasteiger partial charge in [0.25, 0.3) is 0 Å². The van der Waals surface area contributed by atoms with Crippen LogP contribution in [0, 0.1) is 0 Å². The molecule has 2 heterocycles. The molecule has 1 aliphatic heterocycles. The van der Waals surface area contributed by atoms with Crippen molar-refractivity contribution in [2.75, 3.05) is 11.4 Å². The number of rotatable bonds is 4. The number of nitrogens with one attached hydrogen (secondary N) is 1. The fourth-order valence-corrected chi connectivity index (χ4v) is 4.22. The summed E-state index contributed by atoms with van der Waals surface area (Å²) in [4.78, 5) is 9.07. The van der Waals surface area contributed by atoms with Crippen LogP contribution in [0.3, 0.4) is 0 Å². The van der Waals surface area contributed by atoms with Crippen LogP contribution in [-0.4, -0.2) is 23.1 Å². The predicted molar refractivity (Wildman–Crippen MR) is 91.3 cm³/mol. The number of thiazole rings is 1. The van der Waals surface area contributed by atoms with Crippen molar-refractivity contribution >= 4 is 16.5 Å². The van der Waals surface area contributed by atoms with E-state index in [0.29, 0.717) is 6.04 Å². The number of aromatic nitrogens is 1. The monoisotopic (exact) mass is 307 g/mol. The first kappa shape index (κ1) is 15.3. The second-order valence-corrected chi connectivity index (χ2v) is 8.78. The molecule has 1 unspecified atom stereocenters. The van der Waals surface area contributed by atoms with E-state index in [1.165, 1.54) is 54.4 Å². The summed E-state index contributed by atoms with van der Waals surface area (Å²) in [6.07, 6.45) is 6.67. The number of hydrogen-bond donors (Lipinski definition) is 1. The third-order valence-corrected chi connectivity index (χ3v) is 5.62. The molecule has 1 aliphatic carbocycles. The summed E-state index contributed by atoms with van der Waals surface area (Å²) in [5, 5.41) is 4.91. The molecule has 2 aliphatic rings. The van der Waals surface area contributed by atoms with E-state index in [-0.39, 0.29) is 5.54 Å². The van der Waals surface area contributed by atoms with Crippen LogP contribution in [0.1, 0.15) is 76.3 Å². The van der Waals surface area contributed by atoms with Crippen LogP contribution in [0.2, 0.25) is 0 Å². The normalized spacial score (nSPS) is 23.6. The lowest BCUT2D eigenvalue weighted by Gasteiger charge is -2.33. The second-order valence-electron chi connectivity index (χ2n) is 7.72. The van der Waals surface area contributed by atoms with E-state index in [9.17, 15) is 0 Å². The molecule has 3 nitrogen and oxygen atoms in total. The maximum atomic E-state index is 5.05. The van der Waals surface area contributed by atoms with Crippen molar-refractivity contribution in [3.63, 3.8) is 0 Å². The Morgan fingerprint density at radius 1 is 1.24 bits per heavy atom. The highest BCUT2D eigenvalue weighted by atomic mass is 32.1. The lowest BCUT2D eigenvalue weighted by atomic mass is 10.0. The van der Waals surface area contributed by atoms with Gasteiger partial charge in [0.2, 0.25) is 0 Å². The van der Waals surface area contributed by atoms with E-state index in [2.05, 4.69) is 37.9 Å². The largest absolute Gasteiger partial charge is 0.345 e. The average Bonchev–Trinajstić information content (AvgIpc) is 3.17. The molecule has 0 spiro atoms. The first-order valence-electron chi connectivity index (χ1n) is 8.45. The Balaban J connectivity index is 1.79. The molecule has 118 valence electrons. The lowest BCUT2D eigenvalue weighted by molar-refractivity contribution is 0.425. The van der Waals surface area contributed by atoms with Gasteiger partial charge in [-0.2, -0.15) is 0 Å². The van der Waals surface area contributed by atoms with Gasteiger partial charge < -0.3 is 10.2 Å².